The number of aryl methyl sites for hydroxylation is 2. The number of nitrogens with one attached hydrogen (secondary N) is 1. The molecular weight excluding hydrogens is 762 g/mol. The van der Waals surface area contributed by atoms with E-state index < -0.39 is 11.7 Å². The van der Waals surface area contributed by atoms with E-state index in [1.807, 2.05) is 84.9 Å². The van der Waals surface area contributed by atoms with Gasteiger partial charge < -0.3 is 9.88 Å². The van der Waals surface area contributed by atoms with E-state index in [1.54, 1.807) is 6.08 Å². The molecule has 1 N–H and O–H groups in total. The van der Waals surface area contributed by atoms with Gasteiger partial charge in [0.2, 0.25) is 0 Å². The van der Waals surface area contributed by atoms with Crippen molar-refractivity contribution in [2.45, 2.75) is 26.4 Å². The van der Waals surface area contributed by atoms with Gasteiger partial charge in [-0.1, -0.05) is 152 Å². The summed E-state index contributed by atoms with van der Waals surface area (Å²) in [4.78, 5) is 10.1. The van der Waals surface area contributed by atoms with Crippen LogP contribution in [0.2, 0.25) is 0 Å². The molecule has 7 heteroatoms. The lowest BCUT2D eigenvalue weighted by atomic mass is 9.98. The van der Waals surface area contributed by atoms with Gasteiger partial charge in [-0.05, 0) is 94.8 Å². The molecule has 0 radical (unpaired) electrons. The summed E-state index contributed by atoms with van der Waals surface area (Å²) in [7, 11) is 0. The molecule has 61 heavy (non-hydrogen) atoms. The smallest absolute Gasteiger partial charge is 0.324 e. The van der Waals surface area contributed by atoms with Gasteiger partial charge in [-0.2, -0.15) is 13.2 Å². The van der Waals surface area contributed by atoms with Gasteiger partial charge in [-0.15, -0.1) is 0 Å². The highest BCUT2D eigenvalue weighted by Crippen LogP contribution is 2.38. The molecular formula is C54H39F3N4. The Morgan fingerprint density at radius 1 is 0.557 bits per heavy atom. The van der Waals surface area contributed by atoms with E-state index in [2.05, 4.69) is 103 Å². The second kappa shape index (κ2) is 15.3. The van der Waals surface area contributed by atoms with Crippen LogP contribution in [0, 0.1) is 13.8 Å². The number of alkyl halides is 3. The molecule has 0 saturated carbocycles. The van der Waals surface area contributed by atoms with Crippen LogP contribution in [0.4, 0.5) is 13.2 Å². The Hall–Kier alpha value is -7.51. The van der Waals surface area contributed by atoms with Crippen LogP contribution in [0.15, 0.2) is 198 Å². The van der Waals surface area contributed by atoms with Crippen LogP contribution in [0.25, 0.3) is 61.1 Å². The maximum absolute atomic E-state index is 14.3. The van der Waals surface area contributed by atoms with Crippen LogP contribution in [-0.2, 0) is 0 Å². The average Bonchev–Trinajstić information content (AvgIpc) is 3.62. The van der Waals surface area contributed by atoms with Gasteiger partial charge >= 0.3 is 6.18 Å². The number of aliphatic imine (C=N–C) groups is 2. The third-order valence-corrected chi connectivity index (χ3v) is 11.6. The largest absolute Gasteiger partial charge is 0.416 e. The zero-order valence-corrected chi connectivity index (χ0v) is 33.5. The highest BCUT2D eigenvalue weighted by Gasteiger charge is 2.33. The maximum atomic E-state index is 14.3. The minimum atomic E-state index is -4.50. The molecule has 4 nitrogen and oxygen atoms in total. The number of nitrogens with zero attached hydrogens (tertiary/aromatic N) is 3. The molecule has 10 rings (SSSR count). The quantitative estimate of drug-likeness (QED) is 0.185. The molecule has 0 atom stereocenters. The summed E-state index contributed by atoms with van der Waals surface area (Å²) in [6, 6.07) is 55.6. The van der Waals surface area contributed by atoms with Gasteiger partial charge in [0.1, 0.15) is 11.7 Å². The lowest BCUT2D eigenvalue weighted by Crippen LogP contribution is -2.38. The second-order valence-electron chi connectivity index (χ2n) is 15.5. The lowest BCUT2D eigenvalue weighted by molar-refractivity contribution is -0.0882. The third-order valence-electron chi connectivity index (χ3n) is 11.6. The first-order valence-corrected chi connectivity index (χ1v) is 20.3. The number of benzene rings is 7. The summed E-state index contributed by atoms with van der Waals surface area (Å²) in [5, 5.41) is 6.99. The van der Waals surface area contributed by atoms with Crippen molar-refractivity contribution >= 4 is 44.9 Å². The second-order valence-corrected chi connectivity index (χ2v) is 15.5. The molecule has 0 saturated heterocycles. The van der Waals surface area contributed by atoms with Crippen molar-refractivity contribution in [1.82, 2.24) is 9.88 Å². The van der Waals surface area contributed by atoms with Crippen molar-refractivity contribution in [2.75, 3.05) is 0 Å². The number of fused-ring (bicyclic) bond motifs is 3. The van der Waals surface area contributed by atoms with Gasteiger partial charge in [0.25, 0.3) is 0 Å². The van der Waals surface area contributed by atoms with Gasteiger partial charge in [0.05, 0.1) is 16.6 Å². The third kappa shape index (κ3) is 7.08. The van der Waals surface area contributed by atoms with Crippen LogP contribution in [-0.4, -0.2) is 22.4 Å². The predicted octanol–water partition coefficient (Wildman–Crippen LogP) is 11.9. The van der Waals surface area contributed by atoms with Gasteiger partial charge in [-0.3, -0.25) is 0 Å². The molecule has 296 valence electrons. The fraction of sp³-hybridized carbons (Fsp3) is 0.0741. The van der Waals surface area contributed by atoms with Crippen LogP contribution in [0.3, 0.4) is 0 Å². The van der Waals surface area contributed by atoms with Crippen LogP contribution in [0.5, 0.6) is 0 Å². The summed E-state index contributed by atoms with van der Waals surface area (Å²) < 4.78 is 45.1. The van der Waals surface area contributed by atoms with Crippen LogP contribution in [0.1, 0.15) is 28.7 Å². The molecule has 7 aromatic carbocycles. The van der Waals surface area contributed by atoms with Crippen molar-refractivity contribution in [2.24, 2.45) is 9.98 Å². The van der Waals surface area contributed by atoms with Gasteiger partial charge in [0, 0.05) is 32.8 Å². The van der Waals surface area contributed by atoms with E-state index in [0.717, 1.165) is 66.9 Å². The number of amidine groups is 2. The number of hydrogen-bond acceptors (Lipinski definition) is 3. The lowest BCUT2D eigenvalue weighted by Gasteiger charge is -2.19. The number of allylic oxidation sites excluding steroid dienone is 4. The zero-order chi connectivity index (χ0) is 41.7. The molecule has 0 unspecified atom stereocenters. The van der Waals surface area contributed by atoms with Gasteiger partial charge in [0.15, 0.2) is 5.84 Å². The highest BCUT2D eigenvalue weighted by atomic mass is 19.4. The van der Waals surface area contributed by atoms with E-state index in [0.29, 0.717) is 39.9 Å². The normalized spacial score (nSPS) is 16.0. The van der Waals surface area contributed by atoms with Crippen LogP contribution >= 0.6 is 0 Å². The van der Waals surface area contributed by atoms with E-state index >= 15 is 0 Å². The Kier molecular flexibility index (Phi) is 9.44. The fourth-order valence-corrected chi connectivity index (χ4v) is 8.53. The maximum Gasteiger partial charge on any atom is 0.416 e. The summed E-state index contributed by atoms with van der Waals surface area (Å²) >= 11 is 0. The number of aromatic nitrogens is 1. The Morgan fingerprint density at radius 2 is 1.13 bits per heavy atom. The van der Waals surface area contributed by atoms with Crippen molar-refractivity contribution in [3.63, 3.8) is 0 Å². The topological polar surface area (TPSA) is 41.7 Å². The minimum Gasteiger partial charge on any atom is -0.324 e. The first-order chi connectivity index (χ1) is 29.7. The first kappa shape index (κ1) is 37.7. The molecule has 0 bridgehead atoms. The monoisotopic (exact) mass is 800 g/mol. The van der Waals surface area contributed by atoms with E-state index in [-0.39, 0.29) is 0 Å². The summed E-state index contributed by atoms with van der Waals surface area (Å²) in [6.45, 7) is 4.24. The van der Waals surface area contributed by atoms with Crippen molar-refractivity contribution in [3.8, 4) is 27.9 Å². The molecule has 0 spiro atoms. The molecule has 2 aliphatic rings. The summed E-state index contributed by atoms with van der Waals surface area (Å²) in [5.74, 6) is 1.56. The van der Waals surface area contributed by atoms with Gasteiger partial charge in [-0.25, -0.2) is 9.98 Å². The number of rotatable bonds is 5. The Labute approximate surface area is 351 Å². The number of halogens is 3. The molecule has 1 aromatic heterocycles. The Balaban J connectivity index is 1.31. The minimum absolute atomic E-state index is 0.322. The Bertz CT molecular complexity index is 3190. The van der Waals surface area contributed by atoms with E-state index in [9.17, 15) is 13.2 Å². The molecule has 8 aromatic rings. The van der Waals surface area contributed by atoms with Crippen LogP contribution < -0.4 is 15.8 Å². The standard InChI is InChI=1S/C54H39F3N4/c1-34-14-9-11-22-43(34)39-24-27-46-47-28-25-40(44-23-12-10-15-35(44)2)32-50(47)61(49(46)31-39)42-26-29-45(38-20-13-21-41(30-38)54(55,56)57)48(33-42)53-59-51(36-16-5-3-6-17-36)58-52(60-53)37-18-7-4-8-19-37/h3-19,21-33H,20H2,1-2H3,(H,58,59,60). The molecule has 1 aliphatic carbocycles. The Morgan fingerprint density at radius 3 is 1.72 bits per heavy atom. The first-order valence-electron chi connectivity index (χ1n) is 20.3. The zero-order valence-electron chi connectivity index (χ0n) is 33.5. The molecule has 0 fully saturated rings. The number of hydrogen-bond donors (Lipinski definition) is 1. The molecule has 0 amide bonds. The molecule has 2 heterocycles. The van der Waals surface area contributed by atoms with Crippen molar-refractivity contribution in [1.29, 1.82) is 0 Å². The summed E-state index contributed by atoms with van der Waals surface area (Å²) in [5.41, 5.74) is 11.2. The van der Waals surface area contributed by atoms with Crippen molar-refractivity contribution in [3.05, 3.63) is 220 Å². The fourth-order valence-electron chi connectivity index (χ4n) is 8.53. The van der Waals surface area contributed by atoms with E-state index in [4.69, 9.17) is 9.98 Å². The average molecular weight is 801 g/mol. The predicted molar refractivity (Wildman–Crippen MR) is 244 cm³/mol. The SMILES string of the molecule is Cc1ccccc1-c1ccc2c3ccc(-c4ccccc4C)cc3n(-c3ccc(=C4C=C(C(F)(F)F)C=CC4)c(=C4N=C(c5ccccc5)N=C(c5ccccc5)N4)c3)c2c1. The highest BCUT2D eigenvalue weighted by molar-refractivity contribution is 6.16. The van der Waals surface area contributed by atoms with E-state index in [1.165, 1.54) is 17.2 Å². The van der Waals surface area contributed by atoms with Crippen molar-refractivity contribution < 1.29 is 13.2 Å². The summed E-state index contributed by atoms with van der Waals surface area (Å²) in [6.07, 6.45) is -0.178. The molecule has 1 aliphatic heterocycles.